The van der Waals surface area contributed by atoms with Gasteiger partial charge in [0, 0.05) is 0 Å². The van der Waals surface area contributed by atoms with E-state index in [4.69, 9.17) is 19.3 Å². The zero-order chi connectivity index (χ0) is 11.2. The summed E-state index contributed by atoms with van der Waals surface area (Å²) in [4.78, 5) is 0. The summed E-state index contributed by atoms with van der Waals surface area (Å²) in [6.45, 7) is 2.99. The smallest absolute Gasteiger partial charge is 0.327 e. The number of hydrogen-bond acceptors (Lipinski definition) is 6. The Morgan fingerprint density at radius 3 is 1.73 bits per heavy atom. The van der Waals surface area contributed by atoms with Gasteiger partial charge in [-0.2, -0.15) is 0 Å². The van der Waals surface area contributed by atoms with Crippen molar-refractivity contribution in [1.82, 2.24) is 0 Å². The van der Waals surface area contributed by atoms with Gasteiger partial charge < -0.3 is 19.3 Å². The molecular weight excluding hydrogens is 223 g/mol. The van der Waals surface area contributed by atoms with Gasteiger partial charge in [0.2, 0.25) is 0 Å². The molecule has 0 aromatic heterocycles. The van der Waals surface area contributed by atoms with Crippen LogP contribution >= 0.6 is 8.69 Å². The standard InChI is InChI=1S/C8H17O6P/c9-1-2-11-3-4-12-5-6-13-7-8-14-15-10/h9H,1-8H2. The molecule has 0 spiro atoms. The quantitative estimate of drug-likeness (QED) is 0.389. The number of aliphatic hydroxyl groups is 1. The van der Waals surface area contributed by atoms with Crippen LogP contribution in [0, 0.1) is 0 Å². The Morgan fingerprint density at radius 1 is 0.800 bits per heavy atom. The summed E-state index contributed by atoms with van der Waals surface area (Å²) in [5.41, 5.74) is 0. The molecule has 0 aliphatic rings. The van der Waals surface area contributed by atoms with Crippen molar-refractivity contribution in [3.05, 3.63) is 0 Å². The van der Waals surface area contributed by atoms with Gasteiger partial charge in [0.1, 0.15) is 0 Å². The van der Waals surface area contributed by atoms with Crippen LogP contribution < -0.4 is 0 Å². The maximum absolute atomic E-state index is 9.83. The molecule has 0 heterocycles. The van der Waals surface area contributed by atoms with Gasteiger partial charge in [-0.15, -0.1) is 0 Å². The lowest BCUT2D eigenvalue weighted by molar-refractivity contribution is 0.00412. The Labute approximate surface area is 90.7 Å². The number of aliphatic hydroxyl groups excluding tert-OH is 1. The lowest BCUT2D eigenvalue weighted by Gasteiger charge is -2.05. The lowest BCUT2D eigenvalue weighted by Crippen LogP contribution is -2.11. The van der Waals surface area contributed by atoms with Crippen molar-refractivity contribution >= 4 is 8.69 Å². The number of ether oxygens (including phenoxy) is 3. The minimum Gasteiger partial charge on any atom is -0.394 e. The minimum atomic E-state index is -0.323. The van der Waals surface area contributed by atoms with E-state index in [2.05, 4.69) is 4.52 Å². The second kappa shape index (κ2) is 13.9. The van der Waals surface area contributed by atoms with E-state index in [1.807, 2.05) is 0 Å². The van der Waals surface area contributed by atoms with Crippen LogP contribution in [-0.4, -0.2) is 58.0 Å². The highest BCUT2D eigenvalue weighted by atomic mass is 31.1. The molecule has 0 unspecified atom stereocenters. The fourth-order valence-corrected chi connectivity index (χ4v) is 0.889. The molecule has 0 saturated heterocycles. The fraction of sp³-hybridized carbons (Fsp3) is 1.00. The molecule has 0 bridgehead atoms. The van der Waals surface area contributed by atoms with Crippen molar-refractivity contribution in [3.8, 4) is 0 Å². The minimum absolute atomic E-state index is 0.0299. The first-order valence-corrected chi connectivity index (χ1v) is 5.43. The van der Waals surface area contributed by atoms with Crippen LogP contribution in [0.2, 0.25) is 0 Å². The second-order valence-corrected chi connectivity index (χ2v) is 2.88. The molecule has 1 N–H and O–H groups in total. The highest BCUT2D eigenvalue weighted by Crippen LogP contribution is 1.92. The van der Waals surface area contributed by atoms with Crippen molar-refractivity contribution in [2.75, 3.05) is 52.9 Å². The average Bonchev–Trinajstić information content (AvgIpc) is 2.26. The van der Waals surface area contributed by atoms with E-state index >= 15 is 0 Å². The molecule has 0 aliphatic heterocycles. The zero-order valence-corrected chi connectivity index (χ0v) is 9.49. The molecule has 0 atom stereocenters. The summed E-state index contributed by atoms with van der Waals surface area (Å²) in [6.07, 6.45) is 0. The molecule has 6 nitrogen and oxygen atoms in total. The van der Waals surface area contributed by atoms with Gasteiger partial charge in [0.25, 0.3) is 0 Å². The van der Waals surface area contributed by atoms with Gasteiger partial charge >= 0.3 is 8.69 Å². The Balaban J connectivity index is 2.83. The van der Waals surface area contributed by atoms with E-state index in [-0.39, 0.29) is 15.3 Å². The lowest BCUT2D eigenvalue weighted by atomic mass is 10.7. The Bertz CT molecular complexity index is 134. The van der Waals surface area contributed by atoms with Crippen molar-refractivity contribution in [1.29, 1.82) is 0 Å². The monoisotopic (exact) mass is 240 g/mol. The van der Waals surface area contributed by atoms with Gasteiger partial charge in [0.05, 0.1) is 52.9 Å². The van der Waals surface area contributed by atoms with Crippen molar-refractivity contribution < 1.29 is 28.4 Å². The highest BCUT2D eigenvalue weighted by molar-refractivity contribution is 7.17. The van der Waals surface area contributed by atoms with E-state index in [9.17, 15) is 4.57 Å². The molecule has 0 aromatic carbocycles. The summed E-state index contributed by atoms with van der Waals surface area (Å²) < 4.78 is 29.6. The van der Waals surface area contributed by atoms with Crippen molar-refractivity contribution in [2.45, 2.75) is 0 Å². The van der Waals surface area contributed by atoms with E-state index in [1.165, 1.54) is 0 Å². The van der Waals surface area contributed by atoms with Gasteiger partial charge in [-0.1, -0.05) is 0 Å². The van der Waals surface area contributed by atoms with Gasteiger partial charge in [-0.25, -0.2) is 4.57 Å². The molecule has 7 heteroatoms. The topological polar surface area (TPSA) is 74.2 Å². The molecule has 0 amide bonds. The van der Waals surface area contributed by atoms with E-state index < -0.39 is 0 Å². The maximum atomic E-state index is 9.83. The summed E-state index contributed by atoms with van der Waals surface area (Å²) in [6, 6.07) is 0. The average molecular weight is 240 g/mol. The third kappa shape index (κ3) is 13.9. The van der Waals surface area contributed by atoms with Crippen LogP contribution in [0.1, 0.15) is 0 Å². The van der Waals surface area contributed by atoms with Crippen molar-refractivity contribution in [3.63, 3.8) is 0 Å². The SMILES string of the molecule is O=POCCOCCOCCOCCO. The first-order valence-electron chi connectivity index (χ1n) is 4.70. The Morgan fingerprint density at radius 2 is 1.27 bits per heavy atom. The Kier molecular flexibility index (Phi) is 13.8. The Hall–Kier alpha value is -0.100. The molecule has 0 fully saturated rings. The van der Waals surface area contributed by atoms with E-state index in [0.29, 0.717) is 46.2 Å². The van der Waals surface area contributed by atoms with Crippen LogP contribution in [0.5, 0.6) is 0 Å². The normalized spacial score (nSPS) is 11.0. The molecule has 15 heavy (non-hydrogen) atoms. The fourth-order valence-electron chi connectivity index (χ4n) is 0.740. The first kappa shape index (κ1) is 14.9. The predicted molar refractivity (Wildman–Crippen MR) is 53.1 cm³/mol. The molecule has 0 aliphatic carbocycles. The zero-order valence-electron chi connectivity index (χ0n) is 8.59. The van der Waals surface area contributed by atoms with Crippen LogP contribution in [0.25, 0.3) is 0 Å². The van der Waals surface area contributed by atoms with Crippen LogP contribution in [0.4, 0.5) is 0 Å². The summed E-state index contributed by atoms with van der Waals surface area (Å²) in [5.74, 6) is 0. The summed E-state index contributed by atoms with van der Waals surface area (Å²) in [7, 11) is -0.323. The van der Waals surface area contributed by atoms with Gasteiger partial charge in [-0.05, 0) is 0 Å². The number of rotatable bonds is 12. The van der Waals surface area contributed by atoms with Crippen LogP contribution in [-0.2, 0) is 23.3 Å². The van der Waals surface area contributed by atoms with E-state index in [0.717, 1.165) is 0 Å². The second-order valence-electron chi connectivity index (χ2n) is 2.47. The molecule has 0 saturated carbocycles. The maximum Gasteiger partial charge on any atom is 0.327 e. The first-order chi connectivity index (χ1) is 7.41. The van der Waals surface area contributed by atoms with Gasteiger partial charge in [-0.3, -0.25) is 4.52 Å². The molecule has 0 radical (unpaired) electrons. The molecule has 0 aromatic rings. The van der Waals surface area contributed by atoms with Crippen LogP contribution in [0.3, 0.4) is 0 Å². The summed E-state index contributed by atoms with van der Waals surface area (Å²) in [5, 5.41) is 8.39. The molecule has 0 rings (SSSR count). The molecular formula is C8H17O6P. The van der Waals surface area contributed by atoms with Crippen LogP contribution in [0.15, 0.2) is 0 Å². The third-order valence-electron chi connectivity index (χ3n) is 1.35. The van der Waals surface area contributed by atoms with Gasteiger partial charge in [0.15, 0.2) is 0 Å². The summed E-state index contributed by atoms with van der Waals surface area (Å²) >= 11 is 0. The van der Waals surface area contributed by atoms with Crippen molar-refractivity contribution in [2.24, 2.45) is 0 Å². The van der Waals surface area contributed by atoms with E-state index in [1.54, 1.807) is 0 Å². The molecule has 90 valence electrons. The largest absolute Gasteiger partial charge is 0.394 e. The number of hydrogen-bond donors (Lipinski definition) is 1. The third-order valence-corrected chi connectivity index (χ3v) is 1.64. The highest BCUT2D eigenvalue weighted by Gasteiger charge is 1.91. The predicted octanol–water partition coefficient (Wildman–Crippen LogP) is 0.252.